The second-order valence-electron chi connectivity index (χ2n) is 5.50. The SMILES string of the molecule is Cl.O=C(CN1CCC(C(=O)O)C1)NCCCc1ccccc1. The number of carboxylic acids is 1. The Labute approximate surface area is 137 Å². The van der Waals surface area contributed by atoms with Gasteiger partial charge in [0.2, 0.25) is 5.91 Å². The van der Waals surface area contributed by atoms with Gasteiger partial charge in [0.1, 0.15) is 0 Å². The van der Waals surface area contributed by atoms with E-state index in [-0.39, 0.29) is 24.2 Å². The number of benzene rings is 1. The van der Waals surface area contributed by atoms with E-state index in [1.807, 2.05) is 23.1 Å². The average Bonchev–Trinajstić information content (AvgIpc) is 2.93. The smallest absolute Gasteiger partial charge is 0.307 e. The maximum absolute atomic E-state index is 11.8. The zero-order valence-electron chi connectivity index (χ0n) is 12.5. The third-order valence-corrected chi connectivity index (χ3v) is 3.80. The summed E-state index contributed by atoms with van der Waals surface area (Å²) in [6.07, 6.45) is 2.50. The molecular weight excluding hydrogens is 304 g/mol. The van der Waals surface area contributed by atoms with Crippen molar-refractivity contribution in [3.05, 3.63) is 35.9 Å². The molecule has 0 radical (unpaired) electrons. The number of hydrogen-bond donors (Lipinski definition) is 2. The summed E-state index contributed by atoms with van der Waals surface area (Å²) in [4.78, 5) is 24.5. The van der Waals surface area contributed by atoms with Crippen LogP contribution < -0.4 is 5.32 Å². The van der Waals surface area contributed by atoms with Crippen LogP contribution in [-0.2, 0) is 16.0 Å². The molecule has 1 aliphatic heterocycles. The zero-order chi connectivity index (χ0) is 15.1. The van der Waals surface area contributed by atoms with Crippen LogP contribution in [0.15, 0.2) is 30.3 Å². The number of likely N-dealkylation sites (tertiary alicyclic amines) is 1. The second-order valence-corrected chi connectivity index (χ2v) is 5.50. The van der Waals surface area contributed by atoms with E-state index in [0.717, 1.165) is 12.8 Å². The number of aryl methyl sites for hydroxylation is 1. The molecule has 0 saturated carbocycles. The first-order valence-corrected chi connectivity index (χ1v) is 7.41. The van der Waals surface area contributed by atoms with Gasteiger partial charge in [0.05, 0.1) is 12.5 Å². The average molecular weight is 327 g/mol. The van der Waals surface area contributed by atoms with Gasteiger partial charge in [-0.1, -0.05) is 30.3 Å². The lowest BCUT2D eigenvalue weighted by molar-refractivity contribution is -0.141. The Kier molecular flexibility index (Phi) is 7.91. The van der Waals surface area contributed by atoms with Crippen molar-refractivity contribution in [3.63, 3.8) is 0 Å². The predicted octanol–water partition coefficient (Wildman–Crippen LogP) is 1.56. The largest absolute Gasteiger partial charge is 0.481 e. The molecule has 0 aromatic heterocycles. The number of carboxylic acid groups (broad SMARTS) is 1. The van der Waals surface area contributed by atoms with Gasteiger partial charge in [-0.3, -0.25) is 14.5 Å². The number of carbonyl (C=O) groups is 2. The monoisotopic (exact) mass is 326 g/mol. The first-order chi connectivity index (χ1) is 10.1. The van der Waals surface area contributed by atoms with Gasteiger partial charge in [0.25, 0.3) is 0 Å². The van der Waals surface area contributed by atoms with Gasteiger partial charge in [-0.25, -0.2) is 0 Å². The van der Waals surface area contributed by atoms with Gasteiger partial charge in [-0.2, -0.15) is 0 Å². The maximum Gasteiger partial charge on any atom is 0.307 e. The number of amides is 1. The summed E-state index contributed by atoms with van der Waals surface area (Å²) in [6, 6.07) is 10.2. The van der Waals surface area contributed by atoms with Crippen LogP contribution in [0.1, 0.15) is 18.4 Å². The molecule has 2 N–H and O–H groups in total. The van der Waals surface area contributed by atoms with Crippen molar-refractivity contribution < 1.29 is 14.7 Å². The van der Waals surface area contributed by atoms with E-state index in [1.54, 1.807) is 0 Å². The Morgan fingerprint density at radius 3 is 2.64 bits per heavy atom. The molecule has 1 saturated heterocycles. The highest BCUT2D eigenvalue weighted by Gasteiger charge is 2.28. The van der Waals surface area contributed by atoms with Crippen molar-refractivity contribution in [1.82, 2.24) is 10.2 Å². The quantitative estimate of drug-likeness (QED) is 0.746. The maximum atomic E-state index is 11.8. The fourth-order valence-corrected chi connectivity index (χ4v) is 2.60. The fourth-order valence-electron chi connectivity index (χ4n) is 2.60. The molecule has 6 heteroatoms. The molecule has 1 fully saturated rings. The van der Waals surface area contributed by atoms with Crippen LogP contribution in [-0.4, -0.2) is 48.1 Å². The first-order valence-electron chi connectivity index (χ1n) is 7.41. The minimum absolute atomic E-state index is 0. The Morgan fingerprint density at radius 2 is 2.00 bits per heavy atom. The van der Waals surface area contributed by atoms with Crippen LogP contribution >= 0.6 is 12.4 Å². The van der Waals surface area contributed by atoms with Gasteiger partial charge in [-0.15, -0.1) is 12.4 Å². The molecule has 122 valence electrons. The van der Waals surface area contributed by atoms with Crippen LogP contribution in [0.3, 0.4) is 0 Å². The van der Waals surface area contributed by atoms with E-state index in [9.17, 15) is 9.59 Å². The molecule has 1 aromatic carbocycles. The highest BCUT2D eigenvalue weighted by molar-refractivity contribution is 5.85. The Morgan fingerprint density at radius 1 is 1.27 bits per heavy atom. The number of nitrogens with zero attached hydrogens (tertiary/aromatic N) is 1. The van der Waals surface area contributed by atoms with E-state index in [1.165, 1.54) is 5.56 Å². The Bertz CT molecular complexity index is 482. The van der Waals surface area contributed by atoms with Gasteiger partial charge in [-0.05, 0) is 31.4 Å². The van der Waals surface area contributed by atoms with E-state index in [2.05, 4.69) is 17.4 Å². The van der Waals surface area contributed by atoms with E-state index < -0.39 is 5.97 Å². The van der Waals surface area contributed by atoms with Crippen molar-refractivity contribution >= 4 is 24.3 Å². The molecule has 1 unspecified atom stereocenters. The summed E-state index contributed by atoms with van der Waals surface area (Å²) >= 11 is 0. The molecular formula is C16H23ClN2O3. The Hall–Kier alpha value is -1.59. The third kappa shape index (κ3) is 6.03. The summed E-state index contributed by atoms with van der Waals surface area (Å²) in [5, 5.41) is 11.8. The highest BCUT2D eigenvalue weighted by atomic mass is 35.5. The lowest BCUT2D eigenvalue weighted by atomic mass is 10.1. The van der Waals surface area contributed by atoms with Crippen molar-refractivity contribution in [2.45, 2.75) is 19.3 Å². The third-order valence-electron chi connectivity index (χ3n) is 3.80. The summed E-state index contributed by atoms with van der Waals surface area (Å²) in [5.74, 6) is -1.11. The van der Waals surface area contributed by atoms with E-state index in [0.29, 0.717) is 32.6 Å². The molecule has 0 aliphatic carbocycles. The highest BCUT2D eigenvalue weighted by Crippen LogP contribution is 2.15. The van der Waals surface area contributed by atoms with Gasteiger partial charge in [0.15, 0.2) is 0 Å². The number of carbonyl (C=O) groups excluding carboxylic acids is 1. The van der Waals surface area contributed by atoms with Crippen molar-refractivity contribution in [3.8, 4) is 0 Å². The molecule has 1 heterocycles. The number of halogens is 1. The molecule has 1 atom stereocenters. The van der Waals surface area contributed by atoms with Crippen LogP contribution in [0.2, 0.25) is 0 Å². The molecule has 0 spiro atoms. The predicted molar refractivity (Wildman–Crippen MR) is 87.2 cm³/mol. The van der Waals surface area contributed by atoms with Crippen LogP contribution in [0.4, 0.5) is 0 Å². The minimum atomic E-state index is -0.763. The molecule has 22 heavy (non-hydrogen) atoms. The van der Waals surface area contributed by atoms with Crippen LogP contribution in [0, 0.1) is 5.92 Å². The first kappa shape index (κ1) is 18.5. The zero-order valence-corrected chi connectivity index (χ0v) is 13.3. The lowest BCUT2D eigenvalue weighted by Crippen LogP contribution is -2.37. The number of rotatable bonds is 7. The minimum Gasteiger partial charge on any atom is -0.481 e. The Balaban J connectivity index is 0.00000242. The molecule has 1 amide bonds. The van der Waals surface area contributed by atoms with Gasteiger partial charge in [0, 0.05) is 13.1 Å². The standard InChI is InChI=1S/C16H22N2O3.ClH/c19-15(12-18-10-8-14(11-18)16(20)21)17-9-4-7-13-5-2-1-3-6-13;/h1-3,5-6,14H,4,7-12H2,(H,17,19)(H,20,21);1H. The van der Waals surface area contributed by atoms with Crippen molar-refractivity contribution in [2.24, 2.45) is 5.92 Å². The molecule has 2 rings (SSSR count). The summed E-state index contributed by atoms with van der Waals surface area (Å²) < 4.78 is 0. The lowest BCUT2D eigenvalue weighted by Gasteiger charge is -2.14. The second kappa shape index (κ2) is 9.43. The van der Waals surface area contributed by atoms with E-state index in [4.69, 9.17) is 5.11 Å². The molecule has 0 bridgehead atoms. The molecule has 5 nitrogen and oxygen atoms in total. The normalized spacial score (nSPS) is 17.7. The van der Waals surface area contributed by atoms with E-state index >= 15 is 0 Å². The summed E-state index contributed by atoms with van der Waals surface area (Å²) in [5.41, 5.74) is 1.27. The molecule has 1 aliphatic rings. The van der Waals surface area contributed by atoms with Gasteiger partial charge < -0.3 is 10.4 Å². The van der Waals surface area contributed by atoms with Gasteiger partial charge >= 0.3 is 5.97 Å². The van der Waals surface area contributed by atoms with Crippen molar-refractivity contribution in [2.75, 3.05) is 26.2 Å². The number of aliphatic carboxylic acids is 1. The summed E-state index contributed by atoms with van der Waals surface area (Å²) in [7, 11) is 0. The number of hydrogen-bond acceptors (Lipinski definition) is 3. The van der Waals surface area contributed by atoms with Crippen LogP contribution in [0.25, 0.3) is 0 Å². The molecule has 1 aromatic rings. The number of nitrogens with one attached hydrogen (secondary N) is 1. The fraction of sp³-hybridized carbons (Fsp3) is 0.500. The van der Waals surface area contributed by atoms with Crippen molar-refractivity contribution in [1.29, 1.82) is 0 Å². The summed E-state index contributed by atoms with van der Waals surface area (Å²) in [6.45, 7) is 2.13. The topological polar surface area (TPSA) is 69.6 Å². The van der Waals surface area contributed by atoms with Crippen LogP contribution in [0.5, 0.6) is 0 Å².